The summed E-state index contributed by atoms with van der Waals surface area (Å²) in [5.74, 6) is -0.533. The van der Waals surface area contributed by atoms with E-state index in [0.29, 0.717) is 31.5 Å². The highest BCUT2D eigenvalue weighted by molar-refractivity contribution is 5.83. The van der Waals surface area contributed by atoms with Gasteiger partial charge < -0.3 is 0 Å². The van der Waals surface area contributed by atoms with Gasteiger partial charge in [0.1, 0.15) is 11.5 Å². The Balaban J connectivity index is 1.98. The molecule has 2 atom stereocenters. The fourth-order valence-corrected chi connectivity index (χ4v) is 3.40. The largest absolute Gasteiger partial charge is 0.273 e. The van der Waals surface area contributed by atoms with E-state index in [1.54, 1.807) is 12.3 Å². The first-order valence-corrected chi connectivity index (χ1v) is 7.69. The van der Waals surface area contributed by atoms with Crippen molar-refractivity contribution < 1.29 is 13.6 Å². The molecule has 1 aromatic heterocycles. The molecule has 7 heteroatoms. The van der Waals surface area contributed by atoms with Crippen molar-refractivity contribution in [3.05, 3.63) is 29.6 Å². The average Bonchev–Trinajstić information content (AvgIpc) is 2.92. The molecule has 0 aromatic carbocycles. The third-order valence-corrected chi connectivity index (χ3v) is 4.82. The van der Waals surface area contributed by atoms with Crippen LogP contribution in [0.25, 0.3) is 0 Å². The molecule has 0 bridgehead atoms. The number of pyridine rings is 1. The van der Waals surface area contributed by atoms with Crippen LogP contribution in [-0.4, -0.2) is 40.4 Å². The van der Waals surface area contributed by atoms with Crippen molar-refractivity contribution in [3.63, 3.8) is 0 Å². The Labute approximate surface area is 133 Å². The number of fused-ring (bicyclic) bond motifs is 1. The van der Waals surface area contributed by atoms with Crippen LogP contribution in [0.3, 0.4) is 0 Å². The minimum atomic E-state index is -2.69. The molecule has 0 N–H and O–H groups in total. The van der Waals surface area contributed by atoms with Crippen molar-refractivity contribution in [2.24, 2.45) is 5.41 Å². The van der Waals surface area contributed by atoms with Gasteiger partial charge in [-0.05, 0) is 37.8 Å². The van der Waals surface area contributed by atoms with Gasteiger partial charge in [-0.3, -0.25) is 14.8 Å². The zero-order valence-corrected chi connectivity index (χ0v) is 12.9. The Bertz CT molecular complexity index is 660. The van der Waals surface area contributed by atoms with Crippen LogP contribution in [0.1, 0.15) is 43.4 Å². The number of hydrazine groups is 1. The van der Waals surface area contributed by atoms with Crippen molar-refractivity contribution in [2.45, 2.75) is 38.7 Å². The number of nitrogens with zero attached hydrogens (tertiary/aromatic N) is 4. The topological polar surface area (TPSA) is 60.2 Å². The second-order valence-corrected chi connectivity index (χ2v) is 6.35. The lowest BCUT2D eigenvalue weighted by molar-refractivity contribution is -0.164. The molecule has 1 unspecified atom stereocenters. The van der Waals surface area contributed by atoms with Gasteiger partial charge in [0, 0.05) is 25.5 Å². The van der Waals surface area contributed by atoms with Gasteiger partial charge in [-0.25, -0.2) is 13.8 Å². The quantitative estimate of drug-likeness (QED) is 0.840. The lowest BCUT2D eigenvalue weighted by Gasteiger charge is -2.35. The van der Waals surface area contributed by atoms with Crippen LogP contribution in [0.15, 0.2) is 18.5 Å². The van der Waals surface area contributed by atoms with Gasteiger partial charge in [0.2, 0.25) is 5.91 Å². The van der Waals surface area contributed by atoms with Gasteiger partial charge in [-0.1, -0.05) is 0 Å². The first-order chi connectivity index (χ1) is 11.0. The molecular weight excluding hydrogens is 302 g/mol. The van der Waals surface area contributed by atoms with E-state index < -0.39 is 17.7 Å². The summed E-state index contributed by atoms with van der Waals surface area (Å²) in [7, 11) is 0. The standard InChI is InChI=1S/C16H18F2N4O/c1-16(14(17)18)4-2-5-21-6-3-13(22(21)15(16)23)12-7-11(8-19)9-20-10-12/h7,9-10,13-14H,2-6H2,1H3/t13-,16?/m1/s1. The molecule has 0 saturated carbocycles. The lowest BCUT2D eigenvalue weighted by atomic mass is 9.84. The predicted octanol–water partition coefficient (Wildman–Crippen LogP) is 2.51. The second kappa shape index (κ2) is 5.85. The second-order valence-electron chi connectivity index (χ2n) is 6.35. The Morgan fingerprint density at radius 3 is 2.91 bits per heavy atom. The molecule has 3 rings (SSSR count). The third-order valence-electron chi connectivity index (χ3n) is 4.82. The molecule has 2 aliphatic rings. The van der Waals surface area contributed by atoms with Crippen LogP contribution in [0.2, 0.25) is 0 Å². The van der Waals surface area contributed by atoms with Gasteiger partial charge in [-0.15, -0.1) is 0 Å². The minimum Gasteiger partial charge on any atom is -0.273 e. The van der Waals surface area contributed by atoms with Crippen molar-refractivity contribution in [1.82, 2.24) is 15.0 Å². The van der Waals surface area contributed by atoms with E-state index in [1.807, 2.05) is 11.1 Å². The number of rotatable bonds is 2. The van der Waals surface area contributed by atoms with Crippen LogP contribution in [-0.2, 0) is 4.79 Å². The van der Waals surface area contributed by atoms with Crippen molar-refractivity contribution in [1.29, 1.82) is 5.26 Å². The highest BCUT2D eigenvalue weighted by atomic mass is 19.3. The van der Waals surface area contributed by atoms with Crippen LogP contribution in [0.5, 0.6) is 0 Å². The molecule has 2 fully saturated rings. The zero-order valence-electron chi connectivity index (χ0n) is 12.9. The van der Waals surface area contributed by atoms with Crippen molar-refractivity contribution >= 4 is 5.91 Å². The van der Waals surface area contributed by atoms with Crippen LogP contribution < -0.4 is 0 Å². The predicted molar refractivity (Wildman–Crippen MR) is 78.1 cm³/mol. The fraction of sp³-hybridized carbons (Fsp3) is 0.562. The van der Waals surface area contributed by atoms with Gasteiger partial charge in [0.25, 0.3) is 6.43 Å². The number of nitriles is 1. The maximum atomic E-state index is 13.5. The molecule has 0 aliphatic carbocycles. The highest BCUT2D eigenvalue weighted by Gasteiger charge is 2.51. The van der Waals surface area contributed by atoms with E-state index >= 15 is 0 Å². The maximum Gasteiger partial charge on any atom is 0.252 e. The maximum absolute atomic E-state index is 13.5. The number of alkyl halides is 2. The number of hydrogen-bond acceptors (Lipinski definition) is 4. The summed E-state index contributed by atoms with van der Waals surface area (Å²) in [6.45, 7) is 2.59. The number of carbonyl (C=O) groups excluding carboxylic acids is 1. The monoisotopic (exact) mass is 320 g/mol. The summed E-state index contributed by atoms with van der Waals surface area (Å²) < 4.78 is 27.0. The molecule has 0 radical (unpaired) electrons. The summed E-state index contributed by atoms with van der Waals surface area (Å²) in [5, 5.41) is 12.4. The number of hydrogen-bond donors (Lipinski definition) is 0. The van der Waals surface area contributed by atoms with Gasteiger partial charge in [0.05, 0.1) is 11.6 Å². The summed E-state index contributed by atoms with van der Waals surface area (Å²) >= 11 is 0. The molecule has 2 saturated heterocycles. The Hall–Kier alpha value is -2.07. The zero-order chi connectivity index (χ0) is 16.6. The van der Waals surface area contributed by atoms with Gasteiger partial charge in [-0.2, -0.15) is 5.26 Å². The molecule has 1 amide bonds. The summed E-state index contributed by atoms with van der Waals surface area (Å²) in [6, 6.07) is 3.37. The first-order valence-electron chi connectivity index (χ1n) is 7.69. The van der Waals surface area contributed by atoms with Crippen LogP contribution >= 0.6 is 0 Å². The highest BCUT2D eigenvalue weighted by Crippen LogP contribution is 2.42. The van der Waals surface area contributed by atoms with E-state index in [2.05, 4.69) is 4.98 Å². The van der Waals surface area contributed by atoms with E-state index in [1.165, 1.54) is 18.1 Å². The van der Waals surface area contributed by atoms with Crippen molar-refractivity contribution in [2.75, 3.05) is 13.1 Å². The third kappa shape index (κ3) is 2.57. The Morgan fingerprint density at radius 1 is 1.43 bits per heavy atom. The minimum absolute atomic E-state index is 0.180. The molecule has 1 aromatic rings. The molecule has 23 heavy (non-hydrogen) atoms. The summed E-state index contributed by atoms with van der Waals surface area (Å²) in [5.41, 5.74) is -0.532. The van der Waals surface area contributed by atoms with Crippen molar-refractivity contribution in [3.8, 4) is 6.07 Å². The molecule has 3 heterocycles. The fourth-order valence-electron chi connectivity index (χ4n) is 3.40. The van der Waals surface area contributed by atoms with Crippen LogP contribution in [0, 0.1) is 16.7 Å². The molecule has 5 nitrogen and oxygen atoms in total. The molecule has 0 spiro atoms. The number of aromatic nitrogens is 1. The summed E-state index contributed by atoms with van der Waals surface area (Å²) in [4.78, 5) is 16.9. The van der Waals surface area contributed by atoms with E-state index in [9.17, 15) is 13.6 Å². The smallest absolute Gasteiger partial charge is 0.252 e. The SMILES string of the molecule is CC1(C(F)F)CCCN2CC[C@H](c3cncc(C#N)c3)N2C1=O. The Morgan fingerprint density at radius 2 is 2.22 bits per heavy atom. The first kappa shape index (κ1) is 15.8. The molecule has 2 aliphatic heterocycles. The van der Waals surface area contributed by atoms with E-state index in [4.69, 9.17) is 5.26 Å². The van der Waals surface area contributed by atoms with Gasteiger partial charge >= 0.3 is 0 Å². The van der Waals surface area contributed by atoms with E-state index in [-0.39, 0.29) is 12.5 Å². The average molecular weight is 320 g/mol. The number of halogens is 2. The van der Waals surface area contributed by atoms with E-state index in [0.717, 1.165) is 5.56 Å². The number of amides is 1. The summed E-state index contributed by atoms with van der Waals surface area (Å²) in [6.07, 6.45) is 1.75. The normalized spacial score (nSPS) is 28.6. The van der Waals surface area contributed by atoms with Gasteiger partial charge in [0.15, 0.2) is 0 Å². The van der Waals surface area contributed by atoms with Crippen LogP contribution in [0.4, 0.5) is 8.78 Å². The number of carbonyl (C=O) groups is 1. The Kier molecular flexibility index (Phi) is 4.02. The lowest BCUT2D eigenvalue weighted by Crippen LogP contribution is -2.49. The molecular formula is C16H18F2N4O. The molecule has 122 valence electrons.